The minimum absolute atomic E-state index is 0.0967. The third-order valence-electron chi connectivity index (χ3n) is 4.22. The molecule has 0 saturated heterocycles. The first-order valence-corrected chi connectivity index (χ1v) is 8.22. The molecule has 3 aromatic rings. The molecular weight excluding hydrogens is 322 g/mol. The highest BCUT2D eigenvalue weighted by molar-refractivity contribution is 7.80. The summed E-state index contributed by atoms with van der Waals surface area (Å²) in [4.78, 5) is 5.23. The van der Waals surface area contributed by atoms with Gasteiger partial charge in [0.1, 0.15) is 18.9 Å². The molecule has 1 aliphatic rings. The molecule has 1 unspecified atom stereocenters. The Morgan fingerprint density at radius 3 is 2.79 bits per heavy atom. The Balaban J connectivity index is 1.93. The van der Waals surface area contributed by atoms with Crippen LogP contribution in [0.2, 0.25) is 0 Å². The van der Waals surface area contributed by atoms with E-state index in [0.29, 0.717) is 18.2 Å². The average Bonchev–Trinajstić information content (AvgIpc) is 3.00. The number of ether oxygens (including phenoxy) is 2. The van der Waals surface area contributed by atoms with Crippen molar-refractivity contribution < 1.29 is 9.47 Å². The van der Waals surface area contributed by atoms with E-state index in [1.165, 1.54) is 0 Å². The molecule has 4 rings (SSSR count). The van der Waals surface area contributed by atoms with Gasteiger partial charge in [0.05, 0.1) is 16.4 Å². The zero-order chi connectivity index (χ0) is 16.7. The van der Waals surface area contributed by atoms with Crippen molar-refractivity contribution in [2.45, 2.75) is 12.8 Å². The third-order valence-corrected chi connectivity index (χ3v) is 4.57. The predicted octanol–water partition coefficient (Wildman–Crippen LogP) is 3.16. The standard InChI is InChI=1S/C18H17N3O2S/c1-11(18(19)24)17-16(20-15-4-2-3-7-21(15)17)12-5-6-13-14(10-12)23-9-8-22-13/h2-7,10-11H,8-9H2,1H3,(H2,19,24). The molecule has 1 atom stereocenters. The van der Waals surface area contributed by atoms with Crippen molar-refractivity contribution in [2.75, 3.05) is 13.2 Å². The minimum Gasteiger partial charge on any atom is -0.486 e. The van der Waals surface area contributed by atoms with Crippen molar-refractivity contribution in [3.05, 3.63) is 48.3 Å². The Morgan fingerprint density at radius 1 is 1.21 bits per heavy atom. The number of rotatable bonds is 3. The van der Waals surface area contributed by atoms with Crippen molar-refractivity contribution >= 4 is 22.9 Å². The molecule has 2 aromatic heterocycles. The van der Waals surface area contributed by atoms with Gasteiger partial charge in [0.25, 0.3) is 0 Å². The van der Waals surface area contributed by atoms with Gasteiger partial charge in [0, 0.05) is 17.7 Å². The highest BCUT2D eigenvalue weighted by Crippen LogP contribution is 2.37. The molecule has 1 aromatic carbocycles. The van der Waals surface area contributed by atoms with Gasteiger partial charge in [0.15, 0.2) is 11.5 Å². The maximum atomic E-state index is 5.92. The molecule has 0 saturated carbocycles. The zero-order valence-electron chi connectivity index (χ0n) is 13.2. The highest BCUT2D eigenvalue weighted by atomic mass is 32.1. The van der Waals surface area contributed by atoms with Gasteiger partial charge in [-0.2, -0.15) is 0 Å². The monoisotopic (exact) mass is 339 g/mol. The summed E-state index contributed by atoms with van der Waals surface area (Å²) in [5, 5.41) is 0. The van der Waals surface area contributed by atoms with E-state index >= 15 is 0 Å². The first-order valence-electron chi connectivity index (χ1n) is 7.81. The smallest absolute Gasteiger partial charge is 0.162 e. The van der Waals surface area contributed by atoms with Crippen molar-refractivity contribution in [3.8, 4) is 22.8 Å². The van der Waals surface area contributed by atoms with Crippen LogP contribution in [-0.4, -0.2) is 27.6 Å². The summed E-state index contributed by atoms with van der Waals surface area (Å²) >= 11 is 5.23. The van der Waals surface area contributed by atoms with Gasteiger partial charge in [-0.05, 0) is 30.3 Å². The lowest BCUT2D eigenvalue weighted by molar-refractivity contribution is 0.171. The second-order valence-corrected chi connectivity index (χ2v) is 6.23. The van der Waals surface area contributed by atoms with Gasteiger partial charge in [-0.1, -0.05) is 25.2 Å². The molecule has 1 aliphatic heterocycles. The predicted molar refractivity (Wildman–Crippen MR) is 96.8 cm³/mol. The summed E-state index contributed by atoms with van der Waals surface area (Å²) in [6.07, 6.45) is 1.98. The number of aromatic nitrogens is 2. The second-order valence-electron chi connectivity index (χ2n) is 5.76. The molecule has 0 bridgehead atoms. The first kappa shape index (κ1) is 15.0. The molecule has 122 valence electrons. The van der Waals surface area contributed by atoms with Gasteiger partial charge in [-0.3, -0.25) is 0 Å². The molecule has 2 N–H and O–H groups in total. The fraction of sp³-hybridized carbons (Fsp3) is 0.222. The molecule has 24 heavy (non-hydrogen) atoms. The Morgan fingerprint density at radius 2 is 2.00 bits per heavy atom. The van der Waals surface area contributed by atoms with E-state index in [2.05, 4.69) is 0 Å². The van der Waals surface area contributed by atoms with Crippen LogP contribution in [0.4, 0.5) is 0 Å². The summed E-state index contributed by atoms with van der Waals surface area (Å²) in [5.74, 6) is 1.41. The van der Waals surface area contributed by atoms with E-state index in [0.717, 1.165) is 34.1 Å². The highest BCUT2D eigenvalue weighted by Gasteiger charge is 2.22. The molecule has 0 amide bonds. The lowest BCUT2D eigenvalue weighted by Crippen LogP contribution is -2.18. The molecule has 0 radical (unpaired) electrons. The SMILES string of the molecule is CC(C(N)=S)c1c(-c2ccc3c(c2)OCCO3)nc2ccccn12. The van der Waals surface area contributed by atoms with E-state index in [1.807, 2.05) is 53.9 Å². The number of imidazole rings is 1. The van der Waals surface area contributed by atoms with Crippen molar-refractivity contribution in [1.82, 2.24) is 9.38 Å². The normalized spacial score (nSPS) is 14.5. The van der Waals surface area contributed by atoms with Crippen LogP contribution in [0.15, 0.2) is 42.6 Å². The number of thiocarbonyl (C=S) groups is 1. The van der Waals surface area contributed by atoms with Crippen LogP contribution < -0.4 is 15.2 Å². The second kappa shape index (κ2) is 5.79. The number of pyridine rings is 1. The first-order chi connectivity index (χ1) is 11.6. The van der Waals surface area contributed by atoms with Gasteiger partial charge >= 0.3 is 0 Å². The topological polar surface area (TPSA) is 61.8 Å². The quantitative estimate of drug-likeness (QED) is 0.743. The van der Waals surface area contributed by atoms with Crippen molar-refractivity contribution in [1.29, 1.82) is 0 Å². The molecule has 3 heterocycles. The van der Waals surface area contributed by atoms with Crippen molar-refractivity contribution in [2.24, 2.45) is 5.73 Å². The van der Waals surface area contributed by atoms with Gasteiger partial charge < -0.3 is 19.6 Å². The molecule has 6 heteroatoms. The lowest BCUT2D eigenvalue weighted by atomic mass is 10.0. The number of hydrogen-bond acceptors (Lipinski definition) is 4. The Kier molecular flexibility index (Phi) is 3.61. The number of benzene rings is 1. The van der Waals surface area contributed by atoms with Crippen LogP contribution in [-0.2, 0) is 0 Å². The largest absolute Gasteiger partial charge is 0.486 e. The van der Waals surface area contributed by atoms with E-state index in [-0.39, 0.29) is 5.92 Å². The third kappa shape index (κ3) is 2.39. The number of hydrogen-bond donors (Lipinski definition) is 1. The number of fused-ring (bicyclic) bond motifs is 2. The van der Waals surface area contributed by atoms with E-state index in [9.17, 15) is 0 Å². The van der Waals surface area contributed by atoms with Crippen LogP contribution in [0.3, 0.4) is 0 Å². The Bertz CT molecular complexity index is 935. The van der Waals surface area contributed by atoms with Crippen LogP contribution in [0.1, 0.15) is 18.5 Å². The van der Waals surface area contributed by atoms with E-state index < -0.39 is 0 Å². The summed E-state index contributed by atoms with van der Waals surface area (Å²) in [6, 6.07) is 11.8. The molecular formula is C18H17N3O2S. The lowest BCUT2D eigenvalue weighted by Gasteiger charge is -2.19. The van der Waals surface area contributed by atoms with Gasteiger partial charge in [-0.25, -0.2) is 4.98 Å². The Hall–Kier alpha value is -2.60. The molecule has 5 nitrogen and oxygen atoms in total. The van der Waals surface area contributed by atoms with Crippen molar-refractivity contribution in [3.63, 3.8) is 0 Å². The van der Waals surface area contributed by atoms with Crippen LogP contribution in [0.5, 0.6) is 11.5 Å². The maximum absolute atomic E-state index is 5.92. The van der Waals surface area contributed by atoms with E-state index in [4.69, 9.17) is 32.4 Å². The fourth-order valence-electron chi connectivity index (χ4n) is 2.97. The molecule has 0 spiro atoms. The maximum Gasteiger partial charge on any atom is 0.162 e. The average molecular weight is 339 g/mol. The zero-order valence-corrected chi connectivity index (χ0v) is 14.0. The van der Waals surface area contributed by atoms with Crippen LogP contribution in [0, 0.1) is 0 Å². The minimum atomic E-state index is -0.0967. The number of nitrogens with two attached hydrogens (primary N) is 1. The summed E-state index contributed by atoms with van der Waals surface area (Å²) in [5.41, 5.74) is 9.58. The van der Waals surface area contributed by atoms with Crippen LogP contribution >= 0.6 is 12.2 Å². The van der Waals surface area contributed by atoms with Gasteiger partial charge in [0.2, 0.25) is 0 Å². The van der Waals surface area contributed by atoms with Gasteiger partial charge in [-0.15, -0.1) is 0 Å². The van der Waals surface area contributed by atoms with Crippen LogP contribution in [0.25, 0.3) is 16.9 Å². The summed E-state index contributed by atoms with van der Waals surface area (Å²) < 4.78 is 13.3. The molecule has 0 aliphatic carbocycles. The molecule has 0 fully saturated rings. The van der Waals surface area contributed by atoms with E-state index in [1.54, 1.807) is 0 Å². The number of nitrogens with zero attached hydrogens (tertiary/aromatic N) is 2. The summed E-state index contributed by atoms with van der Waals surface area (Å²) in [6.45, 7) is 3.13. The fourth-order valence-corrected chi connectivity index (χ4v) is 3.08. The Labute approximate surface area is 145 Å². The summed E-state index contributed by atoms with van der Waals surface area (Å²) in [7, 11) is 0.